The summed E-state index contributed by atoms with van der Waals surface area (Å²) in [4.78, 5) is 24.1. The smallest absolute Gasteiger partial charge is 0.255 e. The molecular weight excluding hydrogens is 363 g/mol. The lowest BCUT2D eigenvalue weighted by molar-refractivity contribution is -0.117. The zero-order chi connectivity index (χ0) is 18.0. The summed E-state index contributed by atoms with van der Waals surface area (Å²) in [5, 5.41) is 6.12. The van der Waals surface area contributed by atoms with Gasteiger partial charge in [-0.1, -0.05) is 23.2 Å². The summed E-state index contributed by atoms with van der Waals surface area (Å²) in [5.41, 5.74) is 1.62. The topological polar surface area (TPSA) is 67.4 Å². The van der Waals surface area contributed by atoms with E-state index in [2.05, 4.69) is 10.6 Å². The fourth-order valence-electron chi connectivity index (χ4n) is 2.32. The molecule has 5 nitrogen and oxygen atoms in total. The van der Waals surface area contributed by atoms with E-state index in [0.717, 1.165) is 12.8 Å². The van der Waals surface area contributed by atoms with E-state index in [0.29, 0.717) is 22.7 Å². The van der Waals surface area contributed by atoms with Gasteiger partial charge in [-0.15, -0.1) is 0 Å². The van der Waals surface area contributed by atoms with Gasteiger partial charge in [0.25, 0.3) is 5.91 Å². The van der Waals surface area contributed by atoms with Gasteiger partial charge >= 0.3 is 0 Å². The minimum absolute atomic E-state index is 0.0410. The summed E-state index contributed by atoms with van der Waals surface area (Å²) < 4.78 is 5.06. The molecule has 0 saturated heterocycles. The van der Waals surface area contributed by atoms with Crippen LogP contribution in [-0.4, -0.2) is 18.9 Å². The highest BCUT2D eigenvalue weighted by molar-refractivity contribution is 6.37. The van der Waals surface area contributed by atoms with Crippen molar-refractivity contribution in [1.82, 2.24) is 0 Å². The summed E-state index contributed by atoms with van der Waals surface area (Å²) in [6, 6.07) is 9.89. The van der Waals surface area contributed by atoms with Crippen LogP contribution >= 0.6 is 23.2 Å². The van der Waals surface area contributed by atoms with Gasteiger partial charge in [-0.05, 0) is 49.2 Å². The molecule has 2 aromatic rings. The molecule has 25 heavy (non-hydrogen) atoms. The van der Waals surface area contributed by atoms with E-state index in [-0.39, 0.29) is 27.8 Å². The second kappa shape index (κ2) is 7.33. The number of carbonyl (C=O) groups is 2. The molecule has 0 heterocycles. The first-order chi connectivity index (χ1) is 12.0. The van der Waals surface area contributed by atoms with E-state index in [9.17, 15) is 9.59 Å². The summed E-state index contributed by atoms with van der Waals surface area (Å²) in [6.07, 6.45) is 1.90. The summed E-state index contributed by atoms with van der Waals surface area (Å²) in [7, 11) is 1.45. The number of methoxy groups -OCH3 is 1. The number of benzene rings is 2. The molecule has 0 aliphatic heterocycles. The number of carbonyl (C=O) groups excluding carboxylic acids is 2. The van der Waals surface area contributed by atoms with Gasteiger partial charge in [-0.2, -0.15) is 0 Å². The molecule has 0 bridgehead atoms. The number of ether oxygens (including phenoxy) is 1. The average Bonchev–Trinajstić information content (AvgIpc) is 3.41. The van der Waals surface area contributed by atoms with Crippen molar-refractivity contribution in [1.29, 1.82) is 0 Å². The molecule has 0 unspecified atom stereocenters. The number of nitrogens with one attached hydrogen (secondary N) is 2. The molecule has 2 amide bonds. The normalized spacial score (nSPS) is 13.2. The first kappa shape index (κ1) is 17.6. The first-order valence-corrected chi connectivity index (χ1v) is 8.49. The van der Waals surface area contributed by atoms with Crippen LogP contribution in [0.5, 0.6) is 5.75 Å². The molecule has 1 aliphatic carbocycles. The van der Waals surface area contributed by atoms with Gasteiger partial charge in [0.15, 0.2) is 5.75 Å². The monoisotopic (exact) mass is 378 g/mol. The van der Waals surface area contributed by atoms with E-state index in [1.165, 1.54) is 19.2 Å². The SMILES string of the molecule is COc1c(Cl)cc(C(=O)Nc2ccc(NC(=O)C3CC3)cc2)cc1Cl. The molecule has 2 N–H and O–H groups in total. The van der Waals surface area contributed by atoms with Gasteiger partial charge in [-0.3, -0.25) is 9.59 Å². The quantitative estimate of drug-likeness (QED) is 0.798. The molecule has 3 rings (SSSR count). The van der Waals surface area contributed by atoms with Crippen LogP contribution in [0.2, 0.25) is 10.0 Å². The molecule has 7 heteroatoms. The van der Waals surface area contributed by atoms with Crippen molar-refractivity contribution < 1.29 is 14.3 Å². The van der Waals surface area contributed by atoms with E-state index >= 15 is 0 Å². The van der Waals surface area contributed by atoms with E-state index in [1.54, 1.807) is 24.3 Å². The van der Waals surface area contributed by atoms with E-state index in [4.69, 9.17) is 27.9 Å². The fourth-order valence-corrected chi connectivity index (χ4v) is 2.96. The molecule has 0 aromatic heterocycles. The lowest BCUT2D eigenvalue weighted by Gasteiger charge is -2.10. The van der Waals surface area contributed by atoms with Crippen LogP contribution in [0, 0.1) is 5.92 Å². The lowest BCUT2D eigenvalue weighted by Crippen LogP contribution is -2.14. The van der Waals surface area contributed by atoms with Crippen molar-refractivity contribution in [3.63, 3.8) is 0 Å². The second-order valence-electron chi connectivity index (χ2n) is 5.77. The van der Waals surface area contributed by atoms with Crippen LogP contribution in [-0.2, 0) is 4.79 Å². The molecule has 0 radical (unpaired) electrons. The minimum Gasteiger partial charge on any atom is -0.494 e. The molecule has 1 aliphatic rings. The Hall–Kier alpha value is -2.24. The Kier molecular flexibility index (Phi) is 5.16. The van der Waals surface area contributed by atoms with Gasteiger partial charge in [-0.25, -0.2) is 0 Å². The largest absolute Gasteiger partial charge is 0.494 e. The molecule has 0 atom stereocenters. The summed E-state index contributed by atoms with van der Waals surface area (Å²) >= 11 is 12.1. The third-order valence-corrected chi connectivity index (χ3v) is 4.38. The minimum atomic E-state index is -0.346. The lowest BCUT2D eigenvalue weighted by atomic mass is 10.2. The van der Waals surface area contributed by atoms with Crippen LogP contribution in [0.25, 0.3) is 0 Å². The molecule has 1 saturated carbocycles. The third kappa shape index (κ3) is 4.24. The van der Waals surface area contributed by atoms with Crippen molar-refractivity contribution in [3.05, 3.63) is 52.0 Å². The van der Waals surface area contributed by atoms with Crippen molar-refractivity contribution in [3.8, 4) is 5.75 Å². The van der Waals surface area contributed by atoms with Crippen LogP contribution in [0.15, 0.2) is 36.4 Å². The van der Waals surface area contributed by atoms with Crippen LogP contribution in [0.1, 0.15) is 23.2 Å². The number of amides is 2. The second-order valence-corrected chi connectivity index (χ2v) is 6.58. The number of rotatable bonds is 5. The maximum absolute atomic E-state index is 12.3. The van der Waals surface area contributed by atoms with Crippen molar-refractivity contribution in [2.24, 2.45) is 5.92 Å². The first-order valence-electron chi connectivity index (χ1n) is 7.73. The molecular formula is C18H16Cl2N2O3. The Bertz CT molecular complexity index is 795. The highest BCUT2D eigenvalue weighted by atomic mass is 35.5. The molecule has 0 spiro atoms. The average molecular weight is 379 g/mol. The zero-order valence-corrected chi connectivity index (χ0v) is 14.9. The van der Waals surface area contributed by atoms with Crippen LogP contribution in [0.4, 0.5) is 11.4 Å². The zero-order valence-electron chi connectivity index (χ0n) is 13.4. The molecule has 130 valence electrons. The van der Waals surface area contributed by atoms with Crippen LogP contribution < -0.4 is 15.4 Å². The number of halogens is 2. The van der Waals surface area contributed by atoms with E-state index < -0.39 is 0 Å². The maximum Gasteiger partial charge on any atom is 0.255 e. The third-order valence-electron chi connectivity index (χ3n) is 3.82. The molecule has 1 fully saturated rings. The fraction of sp³-hybridized carbons (Fsp3) is 0.222. The van der Waals surface area contributed by atoms with Crippen molar-refractivity contribution in [2.75, 3.05) is 17.7 Å². The van der Waals surface area contributed by atoms with Crippen LogP contribution in [0.3, 0.4) is 0 Å². The number of hydrogen-bond donors (Lipinski definition) is 2. The van der Waals surface area contributed by atoms with E-state index in [1.807, 2.05) is 0 Å². The van der Waals surface area contributed by atoms with Gasteiger partial charge in [0.1, 0.15) is 0 Å². The Morgan fingerprint density at radius 3 is 2.00 bits per heavy atom. The van der Waals surface area contributed by atoms with Gasteiger partial charge in [0.05, 0.1) is 17.2 Å². The Balaban J connectivity index is 1.67. The number of hydrogen-bond acceptors (Lipinski definition) is 3. The summed E-state index contributed by atoms with van der Waals surface area (Å²) in [5.74, 6) is 0.167. The van der Waals surface area contributed by atoms with Crippen molar-refractivity contribution >= 4 is 46.4 Å². The predicted molar refractivity (Wildman–Crippen MR) is 98.8 cm³/mol. The molecule has 2 aromatic carbocycles. The van der Waals surface area contributed by atoms with Gasteiger partial charge in [0, 0.05) is 22.9 Å². The highest BCUT2D eigenvalue weighted by Gasteiger charge is 2.29. The standard InChI is InChI=1S/C18H16Cl2N2O3/c1-25-16-14(19)8-11(9-15(16)20)18(24)22-13-6-4-12(5-7-13)21-17(23)10-2-3-10/h4-10H,2-3H2,1H3,(H,21,23)(H,22,24). The Morgan fingerprint density at radius 2 is 1.52 bits per heavy atom. The summed E-state index contributed by atoms with van der Waals surface area (Å²) in [6.45, 7) is 0. The highest BCUT2D eigenvalue weighted by Crippen LogP contribution is 2.34. The van der Waals surface area contributed by atoms with Crippen molar-refractivity contribution in [2.45, 2.75) is 12.8 Å². The maximum atomic E-state index is 12.3. The van der Waals surface area contributed by atoms with Gasteiger partial charge in [0.2, 0.25) is 5.91 Å². The Morgan fingerprint density at radius 1 is 1.00 bits per heavy atom. The predicted octanol–water partition coefficient (Wildman–Crippen LogP) is 4.60. The Labute approximate surface area is 155 Å². The number of anilines is 2. The van der Waals surface area contributed by atoms with Gasteiger partial charge < -0.3 is 15.4 Å².